The third-order valence-electron chi connectivity index (χ3n) is 2.26. The van der Waals surface area contributed by atoms with Crippen LogP contribution in [0.4, 0.5) is 26.3 Å². The lowest BCUT2D eigenvalue weighted by molar-refractivity contribution is -0.163. The zero-order valence-corrected chi connectivity index (χ0v) is 9.89. The van der Waals surface area contributed by atoms with Crippen molar-refractivity contribution in [3.63, 3.8) is 0 Å². The van der Waals surface area contributed by atoms with E-state index < -0.39 is 40.8 Å². The smallest absolute Gasteiger partial charge is 0.420 e. The summed E-state index contributed by atoms with van der Waals surface area (Å²) in [6.45, 7) is 1.14. The first-order chi connectivity index (χ1) is 9.00. The SMILES string of the molecule is CCOC(=O)c1ccc(C(F)(F)F)c(C(F)(F)F)c1O. The van der Waals surface area contributed by atoms with Gasteiger partial charge in [-0.05, 0) is 19.1 Å². The summed E-state index contributed by atoms with van der Waals surface area (Å²) in [5, 5.41) is 9.34. The van der Waals surface area contributed by atoms with Crippen LogP contribution in [-0.2, 0) is 17.1 Å². The van der Waals surface area contributed by atoms with Crippen molar-refractivity contribution in [3.8, 4) is 5.75 Å². The molecule has 0 unspecified atom stereocenters. The van der Waals surface area contributed by atoms with Crippen LogP contribution in [0, 0.1) is 0 Å². The lowest BCUT2D eigenvalue weighted by atomic mass is 10.0. The second-order valence-electron chi connectivity index (χ2n) is 3.60. The first kappa shape index (κ1) is 16.1. The lowest BCUT2D eigenvalue weighted by Crippen LogP contribution is -2.18. The average molecular weight is 302 g/mol. The summed E-state index contributed by atoms with van der Waals surface area (Å²) in [6, 6.07) is 0.514. The van der Waals surface area contributed by atoms with Crippen LogP contribution in [-0.4, -0.2) is 17.7 Å². The van der Waals surface area contributed by atoms with E-state index in [0.717, 1.165) is 0 Å². The van der Waals surface area contributed by atoms with Gasteiger partial charge in [0.2, 0.25) is 0 Å². The van der Waals surface area contributed by atoms with Crippen LogP contribution in [0.2, 0.25) is 0 Å². The fraction of sp³-hybridized carbons (Fsp3) is 0.364. The average Bonchev–Trinajstić information content (AvgIpc) is 2.25. The van der Waals surface area contributed by atoms with Crippen molar-refractivity contribution in [1.29, 1.82) is 0 Å². The molecule has 0 saturated heterocycles. The van der Waals surface area contributed by atoms with Gasteiger partial charge in [-0.25, -0.2) is 4.79 Å². The molecule has 0 aliphatic carbocycles. The molecular formula is C11H8F6O3. The fourth-order valence-electron chi connectivity index (χ4n) is 1.49. The Bertz CT molecular complexity index is 518. The molecule has 0 heterocycles. The molecule has 0 radical (unpaired) electrons. The predicted molar refractivity (Wildman–Crippen MR) is 54.1 cm³/mol. The van der Waals surface area contributed by atoms with Crippen molar-refractivity contribution in [2.24, 2.45) is 0 Å². The van der Waals surface area contributed by atoms with Gasteiger partial charge in [-0.1, -0.05) is 0 Å². The molecule has 0 saturated carbocycles. The number of phenolic OH excluding ortho intramolecular Hbond substituents is 1. The van der Waals surface area contributed by atoms with E-state index >= 15 is 0 Å². The zero-order valence-electron chi connectivity index (χ0n) is 9.89. The van der Waals surface area contributed by atoms with E-state index in [9.17, 15) is 36.2 Å². The van der Waals surface area contributed by atoms with Crippen LogP contribution in [0.25, 0.3) is 0 Å². The Kier molecular flexibility index (Phi) is 4.21. The summed E-state index contributed by atoms with van der Waals surface area (Å²) in [5.74, 6) is -3.14. The number of rotatable bonds is 2. The molecular weight excluding hydrogens is 294 g/mol. The second-order valence-corrected chi connectivity index (χ2v) is 3.60. The van der Waals surface area contributed by atoms with Crippen LogP contribution in [0.15, 0.2) is 12.1 Å². The van der Waals surface area contributed by atoms with Crippen molar-refractivity contribution < 1.29 is 41.0 Å². The lowest BCUT2D eigenvalue weighted by Gasteiger charge is -2.18. The van der Waals surface area contributed by atoms with Gasteiger partial charge in [0.25, 0.3) is 0 Å². The Labute approximate surface area is 108 Å². The Morgan fingerprint density at radius 3 is 2.10 bits per heavy atom. The van der Waals surface area contributed by atoms with Crippen molar-refractivity contribution in [2.75, 3.05) is 6.61 Å². The van der Waals surface area contributed by atoms with E-state index in [1.54, 1.807) is 0 Å². The van der Waals surface area contributed by atoms with Gasteiger partial charge in [0, 0.05) is 0 Å². The third kappa shape index (κ3) is 3.14. The number of halogens is 6. The second kappa shape index (κ2) is 5.22. The van der Waals surface area contributed by atoms with Gasteiger partial charge < -0.3 is 9.84 Å². The summed E-state index contributed by atoms with van der Waals surface area (Å²) in [6.07, 6.45) is -10.8. The molecule has 20 heavy (non-hydrogen) atoms. The summed E-state index contributed by atoms with van der Waals surface area (Å²) in [7, 11) is 0. The standard InChI is InChI=1S/C11H8F6O3/c1-2-20-9(19)5-3-4-6(10(12,13)14)7(8(5)18)11(15,16)17/h3-4,18H,2H2,1H3. The molecule has 0 aromatic heterocycles. The zero-order chi connectivity index (χ0) is 15.7. The third-order valence-corrected chi connectivity index (χ3v) is 2.26. The Morgan fingerprint density at radius 2 is 1.70 bits per heavy atom. The number of esters is 1. The van der Waals surface area contributed by atoms with E-state index in [1.165, 1.54) is 6.92 Å². The van der Waals surface area contributed by atoms with Crippen LogP contribution >= 0.6 is 0 Å². The highest BCUT2D eigenvalue weighted by atomic mass is 19.4. The van der Waals surface area contributed by atoms with Crippen LogP contribution < -0.4 is 0 Å². The first-order valence-electron chi connectivity index (χ1n) is 5.17. The fourth-order valence-corrected chi connectivity index (χ4v) is 1.49. The Balaban J connectivity index is 3.56. The minimum absolute atomic E-state index is 0.0782. The first-order valence-corrected chi connectivity index (χ1v) is 5.17. The largest absolute Gasteiger partial charge is 0.506 e. The normalized spacial score (nSPS) is 12.3. The molecule has 1 aromatic rings. The number of ether oxygens (including phenoxy) is 1. The number of hydrogen-bond acceptors (Lipinski definition) is 3. The number of benzene rings is 1. The number of hydrogen-bond donors (Lipinski definition) is 1. The Morgan fingerprint density at radius 1 is 1.15 bits per heavy atom. The molecule has 0 amide bonds. The quantitative estimate of drug-likeness (QED) is 0.670. The van der Waals surface area contributed by atoms with Crippen molar-refractivity contribution >= 4 is 5.97 Å². The Hall–Kier alpha value is -1.93. The van der Waals surface area contributed by atoms with Gasteiger partial charge in [-0.2, -0.15) is 26.3 Å². The molecule has 0 bridgehead atoms. The van der Waals surface area contributed by atoms with Gasteiger partial charge in [0.1, 0.15) is 16.9 Å². The number of carbonyl (C=O) groups excluding carboxylic acids is 1. The molecule has 0 atom stereocenters. The van der Waals surface area contributed by atoms with E-state index in [-0.39, 0.29) is 12.7 Å². The van der Waals surface area contributed by atoms with Crippen LogP contribution in [0.5, 0.6) is 5.75 Å². The molecule has 1 aromatic carbocycles. The monoisotopic (exact) mass is 302 g/mol. The summed E-state index contributed by atoms with van der Waals surface area (Å²) < 4.78 is 79.9. The maximum atomic E-state index is 12.7. The van der Waals surface area contributed by atoms with Gasteiger partial charge >= 0.3 is 18.3 Å². The van der Waals surface area contributed by atoms with Crippen molar-refractivity contribution in [2.45, 2.75) is 19.3 Å². The molecule has 0 aliphatic rings. The highest BCUT2D eigenvalue weighted by Crippen LogP contribution is 2.45. The van der Waals surface area contributed by atoms with E-state index in [2.05, 4.69) is 4.74 Å². The highest BCUT2D eigenvalue weighted by Gasteiger charge is 2.46. The molecule has 0 fully saturated rings. The number of phenols is 1. The van der Waals surface area contributed by atoms with E-state index in [1.807, 2.05) is 0 Å². The van der Waals surface area contributed by atoms with Gasteiger partial charge in [0.05, 0.1) is 12.2 Å². The molecule has 0 spiro atoms. The molecule has 0 aliphatic heterocycles. The maximum absolute atomic E-state index is 12.7. The van der Waals surface area contributed by atoms with Crippen molar-refractivity contribution in [1.82, 2.24) is 0 Å². The molecule has 3 nitrogen and oxygen atoms in total. The van der Waals surface area contributed by atoms with Gasteiger partial charge in [0.15, 0.2) is 0 Å². The minimum Gasteiger partial charge on any atom is -0.506 e. The number of carbonyl (C=O) groups is 1. The van der Waals surface area contributed by atoms with Gasteiger partial charge in [-0.15, -0.1) is 0 Å². The summed E-state index contributed by atoms with van der Waals surface area (Å²) in [4.78, 5) is 11.3. The maximum Gasteiger partial charge on any atom is 0.420 e. The van der Waals surface area contributed by atoms with E-state index in [0.29, 0.717) is 6.07 Å². The van der Waals surface area contributed by atoms with E-state index in [4.69, 9.17) is 0 Å². The molecule has 1 N–H and O–H groups in total. The van der Waals surface area contributed by atoms with Crippen LogP contribution in [0.3, 0.4) is 0 Å². The number of alkyl halides is 6. The minimum atomic E-state index is -5.47. The molecule has 9 heteroatoms. The van der Waals surface area contributed by atoms with Crippen LogP contribution in [0.1, 0.15) is 28.4 Å². The summed E-state index contributed by atoms with van der Waals surface area (Å²) in [5.41, 5.74) is -5.36. The predicted octanol–water partition coefficient (Wildman–Crippen LogP) is 3.61. The number of aromatic hydroxyl groups is 1. The van der Waals surface area contributed by atoms with Crippen molar-refractivity contribution in [3.05, 3.63) is 28.8 Å². The molecule has 1 rings (SSSR count). The topological polar surface area (TPSA) is 46.5 Å². The molecule has 112 valence electrons. The van der Waals surface area contributed by atoms with Gasteiger partial charge in [-0.3, -0.25) is 0 Å². The highest BCUT2D eigenvalue weighted by molar-refractivity contribution is 5.93. The summed E-state index contributed by atoms with van der Waals surface area (Å²) >= 11 is 0.